The predicted molar refractivity (Wildman–Crippen MR) is 68.5 cm³/mol. The number of rotatable bonds is 9. The van der Waals surface area contributed by atoms with Crippen LogP contribution >= 0.6 is 0 Å². The fraction of sp³-hybridized carbons (Fsp3) is 1.00. The summed E-state index contributed by atoms with van der Waals surface area (Å²) < 4.78 is 5.24. The van der Waals surface area contributed by atoms with Crippen molar-refractivity contribution in [2.24, 2.45) is 17.1 Å². The van der Waals surface area contributed by atoms with E-state index in [0.29, 0.717) is 11.5 Å². The van der Waals surface area contributed by atoms with Gasteiger partial charge in [-0.15, -0.1) is 0 Å². The Morgan fingerprint density at radius 2 is 2.06 bits per heavy atom. The van der Waals surface area contributed by atoms with Gasteiger partial charge in [-0.05, 0) is 43.6 Å². The summed E-state index contributed by atoms with van der Waals surface area (Å²) in [6.45, 7) is 7.38. The van der Waals surface area contributed by atoms with E-state index >= 15 is 0 Å². The van der Waals surface area contributed by atoms with Gasteiger partial charge < -0.3 is 15.8 Å². The standard InChI is InChI=1S/C13H28N2O/c1-11(2)13(6-7-13)10-15-12(9-16-3)5-4-8-14/h11-12,15H,4-10,14H2,1-3H3. The van der Waals surface area contributed by atoms with Crippen molar-refractivity contribution in [2.45, 2.75) is 45.6 Å². The summed E-state index contributed by atoms with van der Waals surface area (Å²) in [6.07, 6.45) is 4.97. The van der Waals surface area contributed by atoms with Crippen molar-refractivity contribution in [3.8, 4) is 0 Å². The molecule has 3 nitrogen and oxygen atoms in total. The molecular weight excluding hydrogens is 200 g/mol. The molecule has 0 heterocycles. The van der Waals surface area contributed by atoms with E-state index in [1.54, 1.807) is 7.11 Å². The molecule has 0 aromatic rings. The zero-order valence-electron chi connectivity index (χ0n) is 11.1. The Hall–Kier alpha value is -0.120. The molecule has 96 valence electrons. The van der Waals surface area contributed by atoms with Crippen LogP contribution in [0.15, 0.2) is 0 Å². The molecule has 0 radical (unpaired) electrons. The van der Waals surface area contributed by atoms with Gasteiger partial charge in [0.25, 0.3) is 0 Å². The van der Waals surface area contributed by atoms with E-state index in [1.807, 2.05) is 0 Å². The number of methoxy groups -OCH3 is 1. The molecule has 1 aliphatic rings. The Bertz CT molecular complexity index is 190. The van der Waals surface area contributed by atoms with E-state index < -0.39 is 0 Å². The van der Waals surface area contributed by atoms with E-state index in [2.05, 4.69) is 19.2 Å². The van der Waals surface area contributed by atoms with E-state index in [9.17, 15) is 0 Å². The molecule has 0 bridgehead atoms. The van der Waals surface area contributed by atoms with Gasteiger partial charge in [0, 0.05) is 19.7 Å². The van der Waals surface area contributed by atoms with Crippen LogP contribution in [-0.2, 0) is 4.74 Å². The Morgan fingerprint density at radius 1 is 1.38 bits per heavy atom. The summed E-state index contributed by atoms with van der Waals surface area (Å²) in [7, 11) is 1.77. The minimum absolute atomic E-state index is 0.477. The lowest BCUT2D eigenvalue weighted by molar-refractivity contribution is 0.155. The van der Waals surface area contributed by atoms with Crippen LogP contribution in [-0.4, -0.2) is 32.8 Å². The third-order valence-electron chi connectivity index (χ3n) is 3.98. The van der Waals surface area contributed by atoms with Gasteiger partial charge in [-0.25, -0.2) is 0 Å². The molecule has 1 fully saturated rings. The summed E-state index contributed by atoms with van der Waals surface area (Å²) in [5, 5.41) is 3.66. The molecule has 0 aromatic carbocycles. The van der Waals surface area contributed by atoms with Crippen molar-refractivity contribution in [1.82, 2.24) is 5.32 Å². The molecule has 0 saturated heterocycles. The molecule has 16 heavy (non-hydrogen) atoms. The summed E-state index contributed by atoms with van der Waals surface area (Å²) in [5.41, 5.74) is 6.12. The molecule has 1 unspecified atom stereocenters. The molecular formula is C13H28N2O. The van der Waals surface area contributed by atoms with Crippen molar-refractivity contribution in [3.63, 3.8) is 0 Å². The quantitative estimate of drug-likeness (QED) is 0.632. The highest BCUT2D eigenvalue weighted by Crippen LogP contribution is 2.51. The van der Waals surface area contributed by atoms with Gasteiger partial charge in [-0.3, -0.25) is 0 Å². The molecule has 0 spiro atoms. The van der Waals surface area contributed by atoms with Crippen LogP contribution in [0.5, 0.6) is 0 Å². The third kappa shape index (κ3) is 4.04. The molecule has 1 atom stereocenters. The summed E-state index contributed by atoms with van der Waals surface area (Å²) in [6, 6.07) is 0.477. The van der Waals surface area contributed by atoms with Crippen molar-refractivity contribution in [2.75, 3.05) is 26.8 Å². The van der Waals surface area contributed by atoms with Gasteiger partial charge in [0.2, 0.25) is 0 Å². The minimum Gasteiger partial charge on any atom is -0.383 e. The first-order chi connectivity index (χ1) is 7.64. The second kappa shape index (κ2) is 6.58. The van der Waals surface area contributed by atoms with Gasteiger partial charge in [0.1, 0.15) is 0 Å². The molecule has 1 aliphatic carbocycles. The molecule has 3 heteroatoms. The summed E-state index contributed by atoms with van der Waals surface area (Å²) in [5.74, 6) is 0.790. The summed E-state index contributed by atoms with van der Waals surface area (Å²) in [4.78, 5) is 0. The smallest absolute Gasteiger partial charge is 0.0615 e. The van der Waals surface area contributed by atoms with Crippen LogP contribution < -0.4 is 11.1 Å². The average molecular weight is 228 g/mol. The van der Waals surface area contributed by atoms with Crippen LogP contribution in [0.3, 0.4) is 0 Å². The third-order valence-corrected chi connectivity index (χ3v) is 3.98. The number of nitrogens with one attached hydrogen (secondary N) is 1. The molecule has 0 amide bonds. The normalized spacial score (nSPS) is 20.1. The van der Waals surface area contributed by atoms with E-state index in [0.717, 1.165) is 38.5 Å². The molecule has 1 saturated carbocycles. The van der Waals surface area contributed by atoms with Crippen molar-refractivity contribution in [3.05, 3.63) is 0 Å². The monoisotopic (exact) mass is 228 g/mol. The molecule has 1 rings (SSSR count). The maximum absolute atomic E-state index is 5.55. The van der Waals surface area contributed by atoms with Crippen LogP contribution in [0.2, 0.25) is 0 Å². The Kier molecular flexibility index (Phi) is 5.73. The lowest BCUT2D eigenvalue weighted by Gasteiger charge is -2.24. The number of ether oxygens (including phenoxy) is 1. The zero-order valence-corrected chi connectivity index (χ0v) is 11.1. The number of hydrogen-bond donors (Lipinski definition) is 2. The first-order valence-corrected chi connectivity index (χ1v) is 6.57. The molecule has 0 aromatic heterocycles. The van der Waals surface area contributed by atoms with Crippen molar-refractivity contribution < 1.29 is 4.74 Å². The second-order valence-electron chi connectivity index (χ2n) is 5.48. The molecule has 3 N–H and O–H groups in total. The highest BCUT2D eigenvalue weighted by Gasteiger charge is 2.44. The van der Waals surface area contributed by atoms with E-state index in [-0.39, 0.29) is 0 Å². The number of nitrogens with two attached hydrogens (primary N) is 1. The second-order valence-corrected chi connectivity index (χ2v) is 5.48. The van der Waals surface area contributed by atoms with Gasteiger partial charge in [-0.1, -0.05) is 13.8 Å². The Balaban J connectivity index is 2.26. The van der Waals surface area contributed by atoms with Gasteiger partial charge in [0.15, 0.2) is 0 Å². The van der Waals surface area contributed by atoms with E-state index in [4.69, 9.17) is 10.5 Å². The SMILES string of the molecule is COCC(CCCN)NCC1(C(C)C)CC1. The van der Waals surface area contributed by atoms with Crippen LogP contribution in [0.25, 0.3) is 0 Å². The van der Waals surface area contributed by atoms with Crippen LogP contribution in [0.4, 0.5) is 0 Å². The lowest BCUT2D eigenvalue weighted by Crippen LogP contribution is -2.39. The first-order valence-electron chi connectivity index (χ1n) is 6.57. The lowest BCUT2D eigenvalue weighted by atomic mass is 9.92. The highest BCUT2D eigenvalue weighted by atomic mass is 16.5. The van der Waals surface area contributed by atoms with Gasteiger partial charge in [-0.2, -0.15) is 0 Å². The van der Waals surface area contributed by atoms with E-state index in [1.165, 1.54) is 12.8 Å². The highest BCUT2D eigenvalue weighted by molar-refractivity contribution is 4.97. The Morgan fingerprint density at radius 3 is 2.50 bits per heavy atom. The van der Waals surface area contributed by atoms with Gasteiger partial charge in [0.05, 0.1) is 6.61 Å². The van der Waals surface area contributed by atoms with Crippen LogP contribution in [0, 0.1) is 11.3 Å². The minimum atomic E-state index is 0.477. The topological polar surface area (TPSA) is 47.3 Å². The van der Waals surface area contributed by atoms with Gasteiger partial charge >= 0.3 is 0 Å². The van der Waals surface area contributed by atoms with Crippen molar-refractivity contribution in [1.29, 1.82) is 0 Å². The zero-order chi connectivity index (χ0) is 12.0. The fourth-order valence-electron chi connectivity index (χ4n) is 2.28. The Labute approximate surface area is 100 Å². The molecule has 0 aliphatic heterocycles. The number of hydrogen-bond acceptors (Lipinski definition) is 3. The van der Waals surface area contributed by atoms with Crippen molar-refractivity contribution >= 4 is 0 Å². The first kappa shape index (κ1) is 13.9. The maximum atomic E-state index is 5.55. The maximum Gasteiger partial charge on any atom is 0.0615 e. The fourth-order valence-corrected chi connectivity index (χ4v) is 2.28. The average Bonchev–Trinajstić information content (AvgIpc) is 3.03. The predicted octanol–water partition coefficient (Wildman–Crippen LogP) is 1.77. The summed E-state index contributed by atoms with van der Waals surface area (Å²) >= 11 is 0. The van der Waals surface area contributed by atoms with Crippen LogP contribution in [0.1, 0.15) is 39.5 Å². The largest absolute Gasteiger partial charge is 0.383 e.